The Labute approximate surface area is 158 Å². The molecule has 0 saturated heterocycles. The Balaban J connectivity index is 1.82. The quantitative estimate of drug-likeness (QED) is 0.655. The Bertz CT molecular complexity index is 847. The van der Waals surface area contributed by atoms with E-state index >= 15 is 0 Å². The van der Waals surface area contributed by atoms with Crippen molar-refractivity contribution in [3.8, 4) is 0 Å². The Morgan fingerprint density at radius 1 is 1.31 bits per heavy atom. The van der Waals surface area contributed by atoms with Gasteiger partial charge in [0, 0.05) is 29.8 Å². The number of sulfonamides is 1. The maximum absolute atomic E-state index is 11.5. The lowest BCUT2D eigenvalue weighted by molar-refractivity contribution is -0.119. The number of amides is 1. The second-order valence-corrected chi connectivity index (χ2v) is 9.12. The highest BCUT2D eigenvalue weighted by molar-refractivity contribution is 7.98. The van der Waals surface area contributed by atoms with Crippen molar-refractivity contribution in [3.05, 3.63) is 41.7 Å². The second kappa shape index (κ2) is 9.18. The summed E-state index contributed by atoms with van der Waals surface area (Å²) in [4.78, 5) is 12.7. The number of hydrogen-bond acceptors (Lipinski definition) is 6. The number of carbonyl (C=O) groups is 1. The topological polar surface area (TPSA) is 94.0 Å². The molecule has 1 heterocycles. The van der Waals surface area contributed by atoms with Crippen LogP contribution in [0.4, 0.5) is 0 Å². The van der Waals surface area contributed by atoms with Crippen molar-refractivity contribution >= 4 is 27.7 Å². The van der Waals surface area contributed by atoms with Crippen LogP contribution >= 0.6 is 11.8 Å². The zero-order valence-corrected chi connectivity index (χ0v) is 16.8. The lowest BCUT2D eigenvalue weighted by Crippen LogP contribution is -2.29. The van der Waals surface area contributed by atoms with E-state index in [9.17, 15) is 13.2 Å². The molecule has 7 nitrogen and oxygen atoms in total. The lowest BCUT2D eigenvalue weighted by Gasteiger charge is -2.11. The number of aromatic nitrogens is 3. The summed E-state index contributed by atoms with van der Waals surface area (Å²) in [6.45, 7) is 4.86. The molecule has 0 saturated carbocycles. The first-order valence-corrected chi connectivity index (χ1v) is 11.2. The first kappa shape index (κ1) is 20.4. The van der Waals surface area contributed by atoms with Gasteiger partial charge in [0.05, 0.1) is 11.9 Å². The summed E-state index contributed by atoms with van der Waals surface area (Å²) in [5.74, 6) is 0.680. The summed E-state index contributed by atoms with van der Waals surface area (Å²) in [7, 11) is -3.49. The van der Waals surface area contributed by atoms with Crippen LogP contribution in [0.15, 0.2) is 35.4 Å². The van der Waals surface area contributed by atoms with Crippen molar-refractivity contribution < 1.29 is 13.2 Å². The Morgan fingerprint density at radius 3 is 2.73 bits per heavy atom. The first-order valence-electron chi connectivity index (χ1n) is 8.36. The van der Waals surface area contributed by atoms with Gasteiger partial charge in [-0.25, -0.2) is 8.42 Å². The van der Waals surface area contributed by atoms with E-state index in [4.69, 9.17) is 0 Å². The molecule has 142 valence electrons. The summed E-state index contributed by atoms with van der Waals surface area (Å²) < 4.78 is 25.6. The third-order valence-corrected chi connectivity index (χ3v) is 5.31. The molecule has 0 aliphatic heterocycles. The Morgan fingerprint density at radius 2 is 2.04 bits per heavy atom. The van der Waals surface area contributed by atoms with Crippen LogP contribution in [-0.2, 0) is 27.1 Å². The first-order chi connectivity index (χ1) is 12.2. The van der Waals surface area contributed by atoms with Gasteiger partial charge >= 0.3 is 0 Å². The molecular formula is C17H24N4O3S2. The summed E-state index contributed by atoms with van der Waals surface area (Å²) in [5, 5.41) is 8.22. The van der Waals surface area contributed by atoms with Crippen LogP contribution in [0.25, 0.3) is 0 Å². The molecule has 26 heavy (non-hydrogen) atoms. The molecule has 2 rings (SSSR count). The molecule has 0 aliphatic rings. The number of rotatable bonds is 9. The van der Waals surface area contributed by atoms with Crippen LogP contribution < -0.4 is 4.72 Å². The van der Waals surface area contributed by atoms with Gasteiger partial charge in [0.25, 0.3) is 0 Å². The lowest BCUT2D eigenvalue weighted by atomic mass is 10.0. The Hall–Kier alpha value is -1.87. The standard InChI is InChI=1S/C17H24N4O3S2/c1-13(2)15-7-4-5-8-16(15)25-12-14-11-21(20-18-14)10-6-9-17(22)19-26(3,23)24/h4-5,7-8,11,13H,6,9-10,12H2,1-3H3,(H,19,22). The summed E-state index contributed by atoms with van der Waals surface area (Å²) in [6, 6.07) is 8.35. The predicted octanol–water partition coefficient (Wildman–Crippen LogP) is 2.55. The minimum absolute atomic E-state index is 0.124. The zero-order chi connectivity index (χ0) is 19.2. The third kappa shape index (κ3) is 6.80. The number of carbonyl (C=O) groups excluding carboxylic acids is 1. The van der Waals surface area contributed by atoms with Crippen molar-refractivity contribution in [3.63, 3.8) is 0 Å². The molecule has 0 radical (unpaired) electrons. The maximum atomic E-state index is 11.5. The van der Waals surface area contributed by atoms with Gasteiger partial charge in [-0.3, -0.25) is 14.2 Å². The molecule has 1 amide bonds. The molecule has 0 bridgehead atoms. The van der Waals surface area contributed by atoms with Gasteiger partial charge in [-0.2, -0.15) is 0 Å². The normalized spacial score (nSPS) is 11.7. The van der Waals surface area contributed by atoms with Crippen LogP contribution in [-0.4, -0.2) is 35.6 Å². The van der Waals surface area contributed by atoms with Gasteiger partial charge < -0.3 is 0 Å². The molecule has 1 aromatic carbocycles. The van der Waals surface area contributed by atoms with Gasteiger partial charge in [-0.15, -0.1) is 16.9 Å². The highest BCUT2D eigenvalue weighted by Gasteiger charge is 2.10. The third-order valence-electron chi connectivity index (χ3n) is 3.59. The fourth-order valence-corrected chi connectivity index (χ4v) is 4.01. The molecule has 0 spiro atoms. The Kier molecular flexibility index (Phi) is 7.22. The number of nitrogens with one attached hydrogen (secondary N) is 1. The van der Waals surface area contributed by atoms with Crippen LogP contribution in [0.2, 0.25) is 0 Å². The monoisotopic (exact) mass is 396 g/mol. The molecule has 1 N–H and O–H groups in total. The molecular weight excluding hydrogens is 372 g/mol. The van der Waals surface area contributed by atoms with Crippen LogP contribution in [0, 0.1) is 0 Å². The second-order valence-electron chi connectivity index (χ2n) is 6.36. The van der Waals surface area contributed by atoms with E-state index in [1.54, 1.807) is 16.4 Å². The number of hydrogen-bond donors (Lipinski definition) is 1. The van der Waals surface area contributed by atoms with Gasteiger partial charge in [-0.1, -0.05) is 37.3 Å². The average molecular weight is 397 g/mol. The molecule has 9 heteroatoms. The van der Waals surface area contributed by atoms with E-state index in [2.05, 4.69) is 42.4 Å². The van der Waals surface area contributed by atoms with Crippen molar-refractivity contribution in [2.45, 2.75) is 49.8 Å². The molecule has 0 fully saturated rings. The van der Waals surface area contributed by atoms with Crippen molar-refractivity contribution in [2.24, 2.45) is 0 Å². The van der Waals surface area contributed by atoms with Crippen molar-refractivity contribution in [1.29, 1.82) is 0 Å². The zero-order valence-electron chi connectivity index (χ0n) is 15.2. The molecule has 0 atom stereocenters. The minimum atomic E-state index is -3.49. The van der Waals surface area contributed by atoms with Crippen molar-refractivity contribution in [1.82, 2.24) is 19.7 Å². The van der Waals surface area contributed by atoms with E-state index in [1.165, 1.54) is 10.5 Å². The number of aryl methyl sites for hydroxylation is 1. The number of nitrogens with zero attached hydrogens (tertiary/aromatic N) is 3. The average Bonchev–Trinajstić information content (AvgIpc) is 2.99. The maximum Gasteiger partial charge on any atom is 0.233 e. The molecule has 1 aromatic heterocycles. The van der Waals surface area contributed by atoms with E-state index in [0.717, 1.165) is 17.7 Å². The molecule has 0 unspecified atom stereocenters. The van der Waals surface area contributed by atoms with Crippen LogP contribution in [0.5, 0.6) is 0 Å². The van der Waals surface area contributed by atoms with E-state index in [-0.39, 0.29) is 6.42 Å². The van der Waals surface area contributed by atoms with Crippen LogP contribution in [0.1, 0.15) is 43.9 Å². The summed E-state index contributed by atoms with van der Waals surface area (Å²) in [5.41, 5.74) is 2.19. The highest BCUT2D eigenvalue weighted by Crippen LogP contribution is 2.30. The smallest absolute Gasteiger partial charge is 0.233 e. The van der Waals surface area contributed by atoms with E-state index in [1.807, 2.05) is 17.0 Å². The SMILES string of the molecule is CC(C)c1ccccc1SCc1cn(CCCC(=O)NS(C)(=O)=O)nn1. The van der Waals surface area contributed by atoms with E-state index in [0.29, 0.717) is 18.9 Å². The molecule has 2 aromatic rings. The van der Waals surface area contributed by atoms with Crippen molar-refractivity contribution in [2.75, 3.05) is 6.26 Å². The van der Waals surface area contributed by atoms with Gasteiger partial charge in [-0.05, 0) is 24.0 Å². The number of thioether (sulfide) groups is 1. The predicted molar refractivity (Wildman–Crippen MR) is 102 cm³/mol. The fraction of sp³-hybridized carbons (Fsp3) is 0.471. The van der Waals surface area contributed by atoms with E-state index < -0.39 is 15.9 Å². The minimum Gasteiger partial charge on any atom is -0.274 e. The van der Waals surface area contributed by atoms with Gasteiger partial charge in [0.2, 0.25) is 15.9 Å². The summed E-state index contributed by atoms with van der Waals surface area (Å²) in [6.07, 6.45) is 3.44. The number of benzene rings is 1. The highest BCUT2D eigenvalue weighted by atomic mass is 32.2. The van der Waals surface area contributed by atoms with Gasteiger partial charge in [0.15, 0.2) is 0 Å². The molecule has 0 aliphatic carbocycles. The largest absolute Gasteiger partial charge is 0.274 e. The fourth-order valence-electron chi connectivity index (χ4n) is 2.41. The summed E-state index contributed by atoms with van der Waals surface area (Å²) >= 11 is 1.73. The van der Waals surface area contributed by atoms with Crippen LogP contribution in [0.3, 0.4) is 0 Å². The van der Waals surface area contributed by atoms with Gasteiger partial charge in [0.1, 0.15) is 0 Å².